The molecule has 1 unspecified atom stereocenters. The standard InChI is InChI=1S/C16H23NO2/c1-5-19-15(18)16(4,17-14-8-9-14)13-7-6-11(2)12(3)10-13/h6-7,10,14,17H,5,8-9H2,1-4H3. The smallest absolute Gasteiger partial charge is 0.330 e. The van der Waals surface area contributed by atoms with E-state index in [4.69, 9.17) is 4.74 Å². The Kier molecular flexibility index (Phi) is 3.95. The minimum atomic E-state index is -0.740. The van der Waals surface area contributed by atoms with Crippen LogP contribution in [-0.4, -0.2) is 18.6 Å². The zero-order valence-corrected chi connectivity index (χ0v) is 12.2. The lowest BCUT2D eigenvalue weighted by molar-refractivity contribution is -0.151. The summed E-state index contributed by atoms with van der Waals surface area (Å²) in [5.74, 6) is -0.190. The summed E-state index contributed by atoms with van der Waals surface area (Å²) in [6, 6.07) is 6.61. The van der Waals surface area contributed by atoms with E-state index in [1.165, 1.54) is 11.1 Å². The van der Waals surface area contributed by atoms with Crippen LogP contribution in [0.3, 0.4) is 0 Å². The predicted octanol–water partition coefficient (Wildman–Crippen LogP) is 2.83. The van der Waals surface area contributed by atoms with Gasteiger partial charge in [0, 0.05) is 6.04 Å². The molecule has 1 aliphatic rings. The highest BCUT2D eigenvalue weighted by Crippen LogP contribution is 2.30. The fourth-order valence-corrected chi connectivity index (χ4v) is 2.22. The molecule has 0 spiro atoms. The molecule has 0 heterocycles. The fraction of sp³-hybridized carbons (Fsp3) is 0.562. The van der Waals surface area contributed by atoms with Crippen LogP contribution < -0.4 is 5.32 Å². The molecule has 1 aromatic carbocycles. The van der Waals surface area contributed by atoms with Crippen molar-refractivity contribution in [1.29, 1.82) is 0 Å². The molecule has 3 heteroatoms. The second-order valence-electron chi connectivity index (χ2n) is 5.56. The summed E-state index contributed by atoms with van der Waals surface area (Å²) in [5, 5.41) is 3.44. The molecule has 0 saturated heterocycles. The highest BCUT2D eigenvalue weighted by atomic mass is 16.5. The van der Waals surface area contributed by atoms with Gasteiger partial charge in [0.05, 0.1) is 6.61 Å². The lowest BCUT2D eigenvalue weighted by Gasteiger charge is -2.29. The molecule has 1 fully saturated rings. The zero-order chi connectivity index (χ0) is 14.0. The van der Waals surface area contributed by atoms with Gasteiger partial charge in [0.15, 0.2) is 0 Å². The minimum absolute atomic E-state index is 0.190. The van der Waals surface area contributed by atoms with E-state index < -0.39 is 5.54 Å². The van der Waals surface area contributed by atoms with E-state index in [1.807, 2.05) is 19.9 Å². The Morgan fingerprint density at radius 2 is 2.05 bits per heavy atom. The lowest BCUT2D eigenvalue weighted by atomic mass is 9.89. The number of aryl methyl sites for hydroxylation is 2. The second-order valence-corrected chi connectivity index (χ2v) is 5.56. The van der Waals surface area contributed by atoms with Gasteiger partial charge in [0.2, 0.25) is 0 Å². The summed E-state index contributed by atoms with van der Waals surface area (Å²) in [4.78, 5) is 12.3. The van der Waals surface area contributed by atoms with E-state index in [-0.39, 0.29) is 5.97 Å². The summed E-state index contributed by atoms with van der Waals surface area (Å²) >= 11 is 0. The molecule has 3 nitrogen and oxygen atoms in total. The Hall–Kier alpha value is -1.35. The summed E-state index contributed by atoms with van der Waals surface area (Å²) in [5.41, 5.74) is 2.68. The number of hydrogen-bond acceptors (Lipinski definition) is 3. The molecule has 1 saturated carbocycles. The summed E-state index contributed by atoms with van der Waals surface area (Å²) in [7, 11) is 0. The van der Waals surface area contributed by atoms with Crippen molar-refractivity contribution in [2.75, 3.05) is 6.61 Å². The van der Waals surface area contributed by atoms with Crippen LogP contribution in [0.25, 0.3) is 0 Å². The van der Waals surface area contributed by atoms with Gasteiger partial charge in [-0.1, -0.05) is 18.2 Å². The van der Waals surface area contributed by atoms with Crippen LogP contribution in [0.5, 0.6) is 0 Å². The van der Waals surface area contributed by atoms with E-state index in [0.717, 1.165) is 18.4 Å². The molecule has 0 aliphatic heterocycles. The van der Waals surface area contributed by atoms with Crippen LogP contribution in [-0.2, 0) is 15.1 Å². The van der Waals surface area contributed by atoms with Gasteiger partial charge >= 0.3 is 5.97 Å². The molecule has 2 rings (SSSR count). The number of esters is 1. The van der Waals surface area contributed by atoms with Gasteiger partial charge in [0.25, 0.3) is 0 Å². The number of carbonyl (C=O) groups is 1. The van der Waals surface area contributed by atoms with E-state index in [0.29, 0.717) is 12.6 Å². The molecule has 1 aliphatic carbocycles. The first-order valence-corrected chi connectivity index (χ1v) is 7.00. The maximum absolute atomic E-state index is 12.3. The largest absolute Gasteiger partial charge is 0.464 e. The predicted molar refractivity (Wildman–Crippen MR) is 76.1 cm³/mol. The minimum Gasteiger partial charge on any atom is -0.464 e. The monoisotopic (exact) mass is 261 g/mol. The summed E-state index contributed by atoms with van der Waals surface area (Å²) < 4.78 is 5.26. The second kappa shape index (κ2) is 5.33. The highest BCUT2D eigenvalue weighted by Gasteiger charge is 2.41. The van der Waals surface area contributed by atoms with Gasteiger partial charge in [-0.25, -0.2) is 4.79 Å². The van der Waals surface area contributed by atoms with Crippen molar-refractivity contribution in [3.8, 4) is 0 Å². The third kappa shape index (κ3) is 2.98. The Labute approximate surface area is 115 Å². The van der Waals surface area contributed by atoms with Crippen LogP contribution >= 0.6 is 0 Å². The molecule has 0 bridgehead atoms. The van der Waals surface area contributed by atoms with Crippen LogP contribution in [0, 0.1) is 13.8 Å². The number of nitrogens with one attached hydrogen (secondary N) is 1. The Morgan fingerprint density at radius 1 is 1.37 bits per heavy atom. The van der Waals surface area contributed by atoms with Gasteiger partial charge in [-0.15, -0.1) is 0 Å². The topological polar surface area (TPSA) is 38.3 Å². The zero-order valence-electron chi connectivity index (χ0n) is 12.2. The lowest BCUT2D eigenvalue weighted by Crippen LogP contribution is -2.48. The van der Waals surface area contributed by atoms with Crippen molar-refractivity contribution in [3.63, 3.8) is 0 Å². The van der Waals surface area contributed by atoms with E-state index >= 15 is 0 Å². The van der Waals surface area contributed by atoms with Gasteiger partial charge in [-0.2, -0.15) is 0 Å². The SMILES string of the molecule is CCOC(=O)C(C)(NC1CC1)c1ccc(C)c(C)c1. The molecule has 1 aromatic rings. The van der Waals surface area contributed by atoms with Crippen LogP contribution in [0.1, 0.15) is 43.4 Å². The molecule has 104 valence electrons. The van der Waals surface area contributed by atoms with Gasteiger partial charge in [-0.3, -0.25) is 5.32 Å². The highest BCUT2D eigenvalue weighted by molar-refractivity contribution is 5.82. The van der Waals surface area contributed by atoms with Crippen molar-refractivity contribution in [3.05, 3.63) is 34.9 Å². The van der Waals surface area contributed by atoms with Gasteiger partial charge < -0.3 is 4.74 Å². The van der Waals surface area contributed by atoms with Crippen molar-refractivity contribution < 1.29 is 9.53 Å². The fourth-order valence-electron chi connectivity index (χ4n) is 2.22. The molecule has 1 atom stereocenters. The average molecular weight is 261 g/mol. The van der Waals surface area contributed by atoms with Crippen molar-refractivity contribution in [1.82, 2.24) is 5.32 Å². The van der Waals surface area contributed by atoms with E-state index in [9.17, 15) is 4.79 Å². The number of benzene rings is 1. The molecule has 0 aromatic heterocycles. The molecule has 0 amide bonds. The van der Waals surface area contributed by atoms with Crippen molar-refractivity contribution in [2.24, 2.45) is 0 Å². The maximum Gasteiger partial charge on any atom is 0.330 e. The average Bonchev–Trinajstić information content (AvgIpc) is 3.16. The third-order valence-electron chi connectivity index (χ3n) is 3.84. The third-order valence-corrected chi connectivity index (χ3v) is 3.84. The molecule has 1 N–H and O–H groups in total. The van der Waals surface area contributed by atoms with Crippen LogP contribution in [0.4, 0.5) is 0 Å². The summed E-state index contributed by atoms with van der Waals surface area (Å²) in [6.07, 6.45) is 2.28. The van der Waals surface area contributed by atoms with E-state index in [2.05, 4.69) is 31.3 Å². The van der Waals surface area contributed by atoms with Crippen LogP contribution in [0.15, 0.2) is 18.2 Å². The maximum atomic E-state index is 12.3. The number of ether oxygens (including phenoxy) is 1. The van der Waals surface area contributed by atoms with Gasteiger partial charge in [-0.05, 0) is 57.2 Å². The van der Waals surface area contributed by atoms with Gasteiger partial charge in [0.1, 0.15) is 5.54 Å². The first-order valence-electron chi connectivity index (χ1n) is 7.00. The van der Waals surface area contributed by atoms with E-state index in [1.54, 1.807) is 0 Å². The quantitative estimate of drug-likeness (QED) is 0.828. The molecule has 0 radical (unpaired) electrons. The first-order chi connectivity index (χ1) is 8.97. The molecular weight excluding hydrogens is 238 g/mol. The molecule has 19 heavy (non-hydrogen) atoms. The first kappa shape index (κ1) is 14.1. The van der Waals surface area contributed by atoms with Crippen molar-refractivity contribution in [2.45, 2.75) is 52.1 Å². The van der Waals surface area contributed by atoms with Crippen molar-refractivity contribution >= 4 is 5.97 Å². The van der Waals surface area contributed by atoms with Crippen LogP contribution in [0.2, 0.25) is 0 Å². The number of hydrogen-bond donors (Lipinski definition) is 1. The Balaban J connectivity index is 2.34. The number of rotatable bonds is 5. The summed E-state index contributed by atoms with van der Waals surface area (Å²) in [6.45, 7) is 8.32. The number of carbonyl (C=O) groups excluding carboxylic acids is 1. The molecular formula is C16H23NO2. The Bertz CT molecular complexity index is 480. The normalized spacial score (nSPS) is 17.9. The Morgan fingerprint density at radius 3 is 2.58 bits per heavy atom.